The van der Waals surface area contributed by atoms with Crippen LogP contribution < -0.4 is 36.5 Å². The van der Waals surface area contributed by atoms with Crippen LogP contribution in [0.3, 0.4) is 0 Å². The molecule has 0 atom stereocenters. The first-order valence-corrected chi connectivity index (χ1v) is 25.1. The van der Waals surface area contributed by atoms with E-state index in [9.17, 15) is 0 Å². The van der Waals surface area contributed by atoms with Crippen molar-refractivity contribution in [1.29, 1.82) is 0 Å². The van der Waals surface area contributed by atoms with Gasteiger partial charge >= 0.3 is 0 Å². The summed E-state index contributed by atoms with van der Waals surface area (Å²) in [5.41, 5.74) is 5.36. The van der Waals surface area contributed by atoms with Crippen molar-refractivity contribution in [1.82, 2.24) is 0 Å². The van der Waals surface area contributed by atoms with E-state index in [0.717, 1.165) is 0 Å². The smallest absolute Gasteiger partial charge is 0.108 e. The molecule has 0 fully saturated rings. The first kappa shape index (κ1) is 61.0. The SMILES string of the molecule is CC[N+](C)(CC)CC.CC[N+](C)(CC)CC.CC[N+](C)(CC)CC.CC[N+](C)(CC)CC.O=P([O-])([O-])[O-].c1ccc([B-](c2ccccc2)(c2ccccc2)c2ccccc2)cc1. The van der Waals surface area contributed by atoms with Gasteiger partial charge in [0, 0.05) is 0 Å². The molecule has 0 spiro atoms. The highest BCUT2D eigenvalue weighted by atomic mass is 31.2. The number of phosphoric acid groups is 1. The molecule has 0 saturated carbocycles. The maximum atomic E-state index is 8.55. The summed E-state index contributed by atoms with van der Waals surface area (Å²) in [6.45, 7) is 42.0. The average molecular weight is 879 g/mol. The Hall–Kier alpha value is -3.11. The highest BCUT2D eigenvalue weighted by Gasteiger charge is 2.31. The molecule has 0 aliphatic heterocycles. The molecule has 0 aliphatic carbocycles. The fourth-order valence-corrected chi connectivity index (χ4v) is 6.80. The Kier molecular flexibility index (Phi) is 31.2. The van der Waals surface area contributed by atoms with E-state index >= 15 is 0 Å². The molecule has 0 bridgehead atoms. The van der Waals surface area contributed by atoms with Crippen LogP contribution in [0.2, 0.25) is 0 Å². The van der Waals surface area contributed by atoms with Gasteiger partial charge in [-0.15, -0.1) is 0 Å². The molecule has 0 heterocycles. The van der Waals surface area contributed by atoms with Crippen LogP contribution in [0.5, 0.6) is 0 Å². The molecule has 4 rings (SSSR count). The lowest BCUT2D eigenvalue weighted by molar-refractivity contribution is -0.904. The molecular weight excluding hydrogens is 786 g/mol. The fraction of sp³-hybridized carbons (Fsp3) is 0.538. The topological polar surface area (TPSA) is 86.2 Å². The molecule has 0 unspecified atom stereocenters. The highest BCUT2D eigenvalue weighted by molar-refractivity contribution is 7.40. The fourth-order valence-electron chi connectivity index (χ4n) is 6.80. The van der Waals surface area contributed by atoms with E-state index in [1.165, 1.54) is 118 Å². The van der Waals surface area contributed by atoms with Crippen LogP contribution in [0.15, 0.2) is 121 Å². The Bertz CT molecular complexity index is 1400. The number of rotatable bonds is 16. The second-order valence-electron chi connectivity index (χ2n) is 17.2. The Morgan fingerprint density at radius 2 is 0.435 bits per heavy atom. The lowest BCUT2D eigenvalue weighted by Gasteiger charge is -2.44. The van der Waals surface area contributed by atoms with Gasteiger partial charge in [0.05, 0.1) is 107 Å². The first-order chi connectivity index (χ1) is 29.1. The van der Waals surface area contributed by atoms with Crippen LogP contribution in [0.25, 0.3) is 0 Å². The molecule has 0 aromatic heterocycles. The summed E-state index contributed by atoms with van der Waals surface area (Å²) < 4.78 is 13.4. The largest absolute Gasteiger partial charge is 0.822 e. The van der Waals surface area contributed by atoms with Crippen LogP contribution >= 0.6 is 7.82 Å². The van der Waals surface area contributed by atoms with E-state index in [-0.39, 0.29) is 0 Å². The minimum atomic E-state index is -5.39. The molecule has 352 valence electrons. The zero-order valence-electron chi connectivity index (χ0n) is 42.5. The second kappa shape index (κ2) is 31.7. The molecule has 10 heteroatoms. The zero-order valence-corrected chi connectivity index (χ0v) is 43.4. The van der Waals surface area contributed by atoms with Crippen LogP contribution in [0, 0.1) is 0 Å². The Labute approximate surface area is 382 Å². The molecule has 0 aliphatic rings. The van der Waals surface area contributed by atoms with Gasteiger partial charge < -0.3 is 37.2 Å². The Morgan fingerprint density at radius 3 is 0.516 bits per heavy atom. The standard InChI is InChI=1S/C24H20B.4C7H18N.H3O4P/c1-5-13-21(14-6-1)25(22-15-7-2-8-16-22,23-17-9-3-10-18-23)24-19-11-4-12-20-24;4*1-5-8(4,6-2)7-3;1-5(2,3)4/h1-20H;4*5-7H2,1-4H3;(H3,1,2,3,4)/q-1;4*+1;/p-3. The summed E-state index contributed by atoms with van der Waals surface area (Å²) in [5, 5.41) is 0. The van der Waals surface area contributed by atoms with E-state index in [2.05, 4.69) is 233 Å². The number of quaternary nitrogens is 4. The number of hydrogen-bond donors (Lipinski definition) is 0. The third kappa shape index (κ3) is 22.5. The summed E-state index contributed by atoms with van der Waals surface area (Å²) in [4.78, 5) is 25.6. The molecule has 0 saturated heterocycles. The van der Waals surface area contributed by atoms with E-state index < -0.39 is 14.0 Å². The van der Waals surface area contributed by atoms with Gasteiger partial charge in [-0.1, -0.05) is 121 Å². The van der Waals surface area contributed by atoms with Crippen molar-refractivity contribution < 1.29 is 37.2 Å². The van der Waals surface area contributed by atoms with Gasteiger partial charge in [-0.3, -0.25) is 0 Å². The Morgan fingerprint density at radius 1 is 0.323 bits per heavy atom. The molecule has 4 aromatic carbocycles. The summed E-state index contributed by atoms with van der Waals surface area (Å²) in [7, 11) is 3.78. The maximum Gasteiger partial charge on any atom is 0.108 e. The van der Waals surface area contributed by atoms with E-state index in [4.69, 9.17) is 19.2 Å². The molecule has 0 amide bonds. The normalized spacial score (nSPS) is 11.7. The van der Waals surface area contributed by atoms with Crippen molar-refractivity contribution in [2.24, 2.45) is 0 Å². The van der Waals surface area contributed by atoms with Crippen LogP contribution in [-0.2, 0) is 4.57 Å². The summed E-state index contributed by atoms with van der Waals surface area (Å²) in [6, 6.07) is 43.5. The molecular formula is C52H92BN4O4P. The quantitative estimate of drug-likeness (QED) is 0.0762. The van der Waals surface area contributed by atoms with Gasteiger partial charge in [-0.25, -0.2) is 0 Å². The van der Waals surface area contributed by atoms with E-state index in [1.54, 1.807) is 0 Å². The predicted molar refractivity (Wildman–Crippen MR) is 269 cm³/mol. The summed E-state index contributed by atoms with van der Waals surface area (Å²) in [5.74, 6) is 0. The minimum absolute atomic E-state index is 1.21. The van der Waals surface area contributed by atoms with Gasteiger partial charge in [-0.05, 0) is 83.1 Å². The molecule has 4 aromatic rings. The van der Waals surface area contributed by atoms with Gasteiger partial charge in [0.25, 0.3) is 0 Å². The lowest BCUT2D eigenvalue weighted by Crippen LogP contribution is -2.74. The van der Waals surface area contributed by atoms with Gasteiger partial charge in [0.1, 0.15) is 6.15 Å². The first-order valence-electron chi connectivity index (χ1n) is 23.6. The molecule has 0 radical (unpaired) electrons. The van der Waals surface area contributed by atoms with Crippen LogP contribution in [0.1, 0.15) is 83.1 Å². The van der Waals surface area contributed by atoms with Crippen molar-refractivity contribution in [3.63, 3.8) is 0 Å². The maximum absolute atomic E-state index is 8.55. The minimum Gasteiger partial charge on any atom is -0.822 e. The van der Waals surface area contributed by atoms with Crippen molar-refractivity contribution in [2.75, 3.05) is 107 Å². The number of nitrogens with zero attached hydrogens (tertiary/aromatic N) is 4. The van der Waals surface area contributed by atoms with Crippen LogP contribution in [0.4, 0.5) is 0 Å². The second-order valence-corrected chi connectivity index (χ2v) is 18.1. The summed E-state index contributed by atoms with van der Waals surface area (Å²) >= 11 is 0. The lowest BCUT2D eigenvalue weighted by atomic mass is 9.13. The molecule has 8 nitrogen and oxygen atoms in total. The van der Waals surface area contributed by atoms with Crippen LogP contribution in [-0.4, -0.2) is 131 Å². The van der Waals surface area contributed by atoms with Crippen molar-refractivity contribution in [3.8, 4) is 0 Å². The van der Waals surface area contributed by atoms with Gasteiger partial charge in [0.2, 0.25) is 0 Å². The molecule has 0 N–H and O–H groups in total. The third-order valence-corrected chi connectivity index (χ3v) is 14.4. The van der Waals surface area contributed by atoms with Gasteiger partial charge in [0.15, 0.2) is 0 Å². The van der Waals surface area contributed by atoms with E-state index in [0.29, 0.717) is 0 Å². The van der Waals surface area contributed by atoms with Gasteiger partial charge in [-0.2, -0.15) is 29.7 Å². The highest BCUT2D eigenvalue weighted by Crippen LogP contribution is 2.09. The molecule has 62 heavy (non-hydrogen) atoms. The van der Waals surface area contributed by atoms with E-state index in [1.807, 2.05) is 0 Å². The third-order valence-electron chi connectivity index (χ3n) is 14.4. The summed E-state index contributed by atoms with van der Waals surface area (Å²) in [6.07, 6.45) is -1.22. The predicted octanol–water partition coefficient (Wildman–Crippen LogP) is 6.21. The monoisotopic (exact) mass is 879 g/mol. The van der Waals surface area contributed by atoms with Crippen molar-refractivity contribution in [2.45, 2.75) is 83.1 Å². The average Bonchev–Trinajstić information content (AvgIpc) is 3.32. The zero-order chi connectivity index (χ0) is 47.9. The van der Waals surface area contributed by atoms with Crippen molar-refractivity contribution in [3.05, 3.63) is 121 Å². The Balaban J connectivity index is 0. The van der Waals surface area contributed by atoms with Crippen molar-refractivity contribution >= 4 is 35.8 Å². The number of hydrogen-bond acceptors (Lipinski definition) is 4. The number of benzene rings is 4.